The Labute approximate surface area is 108 Å². The molecule has 0 aliphatic carbocycles. The van der Waals surface area contributed by atoms with E-state index in [1.165, 1.54) is 22.3 Å². The summed E-state index contributed by atoms with van der Waals surface area (Å²) in [6, 6.07) is 0. The van der Waals surface area contributed by atoms with Crippen molar-refractivity contribution in [2.45, 2.75) is 6.92 Å². The monoisotopic (exact) mass is 277 g/mol. The van der Waals surface area contributed by atoms with Gasteiger partial charge in [-0.3, -0.25) is 4.99 Å². The molecule has 1 rings (SSSR count). The molecule has 5 nitrogen and oxygen atoms in total. The molecule has 0 radical (unpaired) electrons. The molecule has 0 unspecified atom stereocenters. The van der Waals surface area contributed by atoms with E-state index in [0.717, 1.165) is 13.1 Å². The van der Waals surface area contributed by atoms with Crippen LogP contribution in [0.1, 0.15) is 6.92 Å². The topological polar surface area (TPSA) is 53.0 Å². The van der Waals surface area contributed by atoms with Gasteiger partial charge in [0.05, 0.1) is 6.20 Å². The molecular weight excluding hydrogens is 258 g/mol. The van der Waals surface area contributed by atoms with Gasteiger partial charge in [0.1, 0.15) is 4.24 Å². The standard InChI is InChI=1S/C10H19N3O2S2/c1-4-11-9-10(16-3)17(14,15)13-7-5-12(2)6-8-13/h4,9H,5-8H2,1-3H3/b10-9+,11-4?. The molecule has 1 heterocycles. The van der Waals surface area contributed by atoms with E-state index < -0.39 is 10.0 Å². The van der Waals surface area contributed by atoms with Gasteiger partial charge in [0.25, 0.3) is 10.0 Å². The van der Waals surface area contributed by atoms with Gasteiger partial charge in [0.15, 0.2) is 0 Å². The van der Waals surface area contributed by atoms with Gasteiger partial charge in [-0.25, -0.2) is 8.42 Å². The number of likely N-dealkylation sites (N-methyl/N-ethyl adjacent to an activating group) is 1. The lowest BCUT2D eigenvalue weighted by Gasteiger charge is -2.31. The highest BCUT2D eigenvalue weighted by Gasteiger charge is 2.28. The number of rotatable bonds is 4. The fourth-order valence-electron chi connectivity index (χ4n) is 1.52. The lowest BCUT2D eigenvalue weighted by Crippen LogP contribution is -2.47. The number of aliphatic imine (C=N–C) groups is 1. The SMILES string of the molecule is CC=N/C=C(\SC)S(=O)(=O)N1CCN(C)CC1. The zero-order chi connectivity index (χ0) is 12.9. The summed E-state index contributed by atoms with van der Waals surface area (Å²) >= 11 is 1.22. The third-order valence-electron chi connectivity index (χ3n) is 2.59. The van der Waals surface area contributed by atoms with Crippen LogP contribution in [0.3, 0.4) is 0 Å². The van der Waals surface area contributed by atoms with Crippen molar-refractivity contribution in [1.82, 2.24) is 9.21 Å². The molecule has 7 heteroatoms. The van der Waals surface area contributed by atoms with Gasteiger partial charge in [-0.1, -0.05) is 0 Å². The first-order chi connectivity index (χ1) is 8.02. The largest absolute Gasteiger partial charge is 0.304 e. The molecule has 0 bridgehead atoms. The Morgan fingerprint density at radius 1 is 1.29 bits per heavy atom. The van der Waals surface area contributed by atoms with Crippen molar-refractivity contribution in [3.05, 3.63) is 10.4 Å². The Balaban J connectivity index is 2.86. The molecule has 0 aromatic heterocycles. The zero-order valence-electron chi connectivity index (χ0n) is 10.5. The second-order valence-electron chi connectivity index (χ2n) is 3.77. The van der Waals surface area contributed by atoms with Crippen molar-refractivity contribution in [2.24, 2.45) is 4.99 Å². The number of hydrogen-bond donors (Lipinski definition) is 0. The van der Waals surface area contributed by atoms with Gasteiger partial charge in [-0.15, -0.1) is 11.8 Å². The van der Waals surface area contributed by atoms with Crippen LogP contribution in [0.4, 0.5) is 0 Å². The minimum Gasteiger partial charge on any atom is -0.304 e. The van der Waals surface area contributed by atoms with Crippen LogP contribution in [0.25, 0.3) is 0 Å². The van der Waals surface area contributed by atoms with E-state index in [1.807, 2.05) is 7.05 Å². The van der Waals surface area contributed by atoms with Crippen LogP contribution in [0.5, 0.6) is 0 Å². The molecule has 0 amide bonds. The Bertz CT molecular complexity index is 396. The summed E-state index contributed by atoms with van der Waals surface area (Å²) in [7, 11) is -1.36. The number of thioether (sulfide) groups is 1. The van der Waals surface area contributed by atoms with Crippen LogP contribution in [0.15, 0.2) is 15.4 Å². The van der Waals surface area contributed by atoms with Crippen molar-refractivity contribution < 1.29 is 8.42 Å². The highest BCUT2D eigenvalue weighted by atomic mass is 32.3. The van der Waals surface area contributed by atoms with Crippen molar-refractivity contribution in [3.63, 3.8) is 0 Å². The maximum Gasteiger partial charge on any atom is 0.250 e. The predicted octanol–water partition coefficient (Wildman–Crippen LogP) is 0.816. The maximum atomic E-state index is 12.3. The molecule has 1 aliphatic heterocycles. The quantitative estimate of drug-likeness (QED) is 0.714. The first-order valence-electron chi connectivity index (χ1n) is 5.43. The van der Waals surface area contributed by atoms with Gasteiger partial charge in [-0.2, -0.15) is 4.31 Å². The average molecular weight is 277 g/mol. The molecule has 0 aromatic rings. The number of nitrogens with zero attached hydrogens (tertiary/aromatic N) is 3. The molecule has 0 saturated carbocycles. The van der Waals surface area contributed by atoms with Gasteiger partial charge >= 0.3 is 0 Å². The molecule has 17 heavy (non-hydrogen) atoms. The van der Waals surface area contributed by atoms with Crippen LogP contribution in [-0.2, 0) is 10.0 Å². The molecular formula is C10H19N3O2S2. The van der Waals surface area contributed by atoms with E-state index >= 15 is 0 Å². The molecule has 0 atom stereocenters. The third kappa shape index (κ3) is 3.80. The lowest BCUT2D eigenvalue weighted by molar-refractivity contribution is 0.223. The van der Waals surface area contributed by atoms with Crippen molar-refractivity contribution in [3.8, 4) is 0 Å². The molecule has 1 aliphatic rings. The van der Waals surface area contributed by atoms with Gasteiger partial charge in [0.2, 0.25) is 0 Å². The Hall–Kier alpha value is -0.370. The number of hydrogen-bond acceptors (Lipinski definition) is 5. The Kier molecular flexibility index (Phi) is 5.64. The summed E-state index contributed by atoms with van der Waals surface area (Å²) in [4.78, 5) is 6.02. The molecule has 98 valence electrons. The van der Waals surface area contributed by atoms with E-state index in [-0.39, 0.29) is 0 Å². The first kappa shape index (κ1) is 14.7. The summed E-state index contributed by atoms with van der Waals surface area (Å²) in [5, 5.41) is 0. The molecule has 0 N–H and O–H groups in total. The molecule has 0 aromatic carbocycles. The Morgan fingerprint density at radius 3 is 2.35 bits per heavy atom. The molecule has 1 fully saturated rings. The summed E-state index contributed by atoms with van der Waals surface area (Å²) < 4.78 is 26.4. The number of sulfonamides is 1. The fourth-order valence-corrected chi connectivity index (χ4v) is 3.93. The van der Waals surface area contributed by atoms with Crippen LogP contribution in [-0.4, -0.2) is 63.3 Å². The minimum absolute atomic E-state index is 0.306. The maximum absolute atomic E-state index is 12.3. The van der Waals surface area contributed by atoms with E-state index in [9.17, 15) is 8.42 Å². The second kappa shape index (κ2) is 6.53. The smallest absolute Gasteiger partial charge is 0.250 e. The Morgan fingerprint density at radius 2 is 1.88 bits per heavy atom. The van der Waals surface area contributed by atoms with E-state index in [2.05, 4.69) is 9.89 Å². The number of piperazine rings is 1. The second-order valence-corrected chi connectivity index (χ2v) is 6.78. The van der Waals surface area contributed by atoms with Crippen molar-refractivity contribution in [2.75, 3.05) is 39.5 Å². The van der Waals surface area contributed by atoms with Crippen molar-refractivity contribution in [1.29, 1.82) is 0 Å². The van der Waals surface area contributed by atoms with Crippen LogP contribution in [0.2, 0.25) is 0 Å². The fraction of sp³-hybridized carbons (Fsp3) is 0.700. The highest BCUT2D eigenvalue weighted by molar-refractivity contribution is 8.17. The predicted molar refractivity (Wildman–Crippen MR) is 73.8 cm³/mol. The summed E-state index contributed by atoms with van der Waals surface area (Å²) in [5.41, 5.74) is 0. The van der Waals surface area contributed by atoms with Gasteiger partial charge in [0, 0.05) is 32.4 Å². The lowest BCUT2D eigenvalue weighted by atomic mass is 10.4. The average Bonchev–Trinajstić information content (AvgIpc) is 2.30. The molecule has 1 saturated heterocycles. The van der Waals surface area contributed by atoms with E-state index in [1.54, 1.807) is 19.4 Å². The van der Waals surface area contributed by atoms with E-state index in [4.69, 9.17) is 0 Å². The molecule has 0 spiro atoms. The summed E-state index contributed by atoms with van der Waals surface area (Å²) in [6.45, 7) is 4.41. The van der Waals surface area contributed by atoms with Gasteiger partial charge < -0.3 is 4.90 Å². The first-order valence-corrected chi connectivity index (χ1v) is 8.09. The zero-order valence-corrected chi connectivity index (χ0v) is 12.1. The summed E-state index contributed by atoms with van der Waals surface area (Å²) in [5.74, 6) is 0. The van der Waals surface area contributed by atoms with Crippen molar-refractivity contribution >= 4 is 28.0 Å². The van der Waals surface area contributed by atoms with Crippen LogP contribution < -0.4 is 0 Å². The van der Waals surface area contributed by atoms with E-state index in [0.29, 0.717) is 17.3 Å². The van der Waals surface area contributed by atoms with Gasteiger partial charge in [-0.05, 0) is 20.2 Å². The van der Waals surface area contributed by atoms with Crippen LogP contribution in [0, 0.1) is 0 Å². The van der Waals surface area contributed by atoms with Crippen LogP contribution >= 0.6 is 11.8 Å². The normalized spacial score (nSPS) is 21.2. The summed E-state index contributed by atoms with van der Waals surface area (Å²) in [6.07, 6.45) is 4.75. The minimum atomic E-state index is -3.35. The highest BCUT2D eigenvalue weighted by Crippen LogP contribution is 2.23. The third-order valence-corrected chi connectivity index (χ3v) is 5.89.